The van der Waals surface area contributed by atoms with E-state index in [1.165, 1.54) is 0 Å². The molecule has 1 aliphatic heterocycles. The quantitative estimate of drug-likeness (QED) is 0.622. The van der Waals surface area contributed by atoms with Crippen LogP contribution in [0.25, 0.3) is 0 Å². The zero-order chi connectivity index (χ0) is 8.27. The number of amides is 1. The highest BCUT2D eigenvalue weighted by Crippen LogP contribution is 2.16. The third-order valence-corrected chi connectivity index (χ3v) is 2.37. The van der Waals surface area contributed by atoms with Gasteiger partial charge in [0.2, 0.25) is 5.91 Å². The Bertz CT molecular complexity index is 147. The minimum Gasteiger partial charge on any atom is -0.342 e. The first kappa shape index (κ1) is 8.91. The van der Waals surface area contributed by atoms with Gasteiger partial charge in [-0.3, -0.25) is 4.79 Å². The van der Waals surface area contributed by atoms with E-state index in [4.69, 9.17) is 0 Å². The van der Waals surface area contributed by atoms with Crippen LogP contribution in [0, 0.1) is 5.92 Å². The van der Waals surface area contributed by atoms with Crippen molar-refractivity contribution in [1.82, 2.24) is 4.90 Å². The van der Waals surface area contributed by atoms with Crippen LogP contribution in [0.2, 0.25) is 0 Å². The predicted molar refractivity (Wildman–Crippen MR) is 48.8 cm³/mol. The van der Waals surface area contributed by atoms with Crippen molar-refractivity contribution < 1.29 is 4.79 Å². The number of carbonyl (C=O) groups is 1. The largest absolute Gasteiger partial charge is 0.342 e. The van der Waals surface area contributed by atoms with Crippen LogP contribution in [0.15, 0.2) is 0 Å². The number of piperidine rings is 1. The highest BCUT2D eigenvalue weighted by Gasteiger charge is 2.23. The first-order chi connectivity index (χ1) is 5.25. The van der Waals surface area contributed by atoms with E-state index in [1.807, 2.05) is 11.8 Å². The van der Waals surface area contributed by atoms with E-state index in [1.54, 1.807) is 0 Å². The third-order valence-electron chi connectivity index (χ3n) is 2.17. The number of rotatable bonds is 2. The van der Waals surface area contributed by atoms with Crippen LogP contribution in [-0.2, 0) is 4.79 Å². The number of nitrogens with zero attached hydrogens (tertiary/aromatic N) is 1. The zero-order valence-electron chi connectivity index (χ0n) is 6.92. The molecule has 0 aromatic carbocycles. The summed E-state index contributed by atoms with van der Waals surface area (Å²) in [6.07, 6.45) is 2.21. The number of thiol groups is 1. The fraction of sp³-hybridized carbons (Fsp3) is 0.875. The second kappa shape index (κ2) is 4.00. The summed E-state index contributed by atoms with van der Waals surface area (Å²) >= 11 is 4.11. The van der Waals surface area contributed by atoms with Crippen molar-refractivity contribution in [3.8, 4) is 0 Å². The molecule has 0 bridgehead atoms. The van der Waals surface area contributed by atoms with E-state index in [0.717, 1.165) is 31.7 Å². The smallest absolute Gasteiger partial charge is 0.225 e. The molecule has 0 aromatic rings. The van der Waals surface area contributed by atoms with E-state index in [9.17, 15) is 4.79 Å². The van der Waals surface area contributed by atoms with Gasteiger partial charge in [0.15, 0.2) is 0 Å². The summed E-state index contributed by atoms with van der Waals surface area (Å²) in [7, 11) is 0. The Balaban J connectivity index is 2.44. The fourth-order valence-corrected chi connectivity index (χ4v) is 1.72. The van der Waals surface area contributed by atoms with E-state index in [0.29, 0.717) is 5.91 Å². The molecule has 64 valence electrons. The molecule has 1 saturated heterocycles. The van der Waals surface area contributed by atoms with Crippen LogP contribution in [-0.4, -0.2) is 29.6 Å². The maximum absolute atomic E-state index is 11.4. The molecule has 2 nitrogen and oxygen atoms in total. The van der Waals surface area contributed by atoms with E-state index < -0.39 is 0 Å². The van der Waals surface area contributed by atoms with Gasteiger partial charge in [-0.25, -0.2) is 0 Å². The Morgan fingerprint density at radius 1 is 1.73 bits per heavy atom. The molecule has 1 atom stereocenters. The first-order valence-electron chi connectivity index (χ1n) is 4.15. The summed E-state index contributed by atoms with van der Waals surface area (Å²) in [5.41, 5.74) is 0. The van der Waals surface area contributed by atoms with Crippen molar-refractivity contribution >= 4 is 18.5 Å². The van der Waals surface area contributed by atoms with Gasteiger partial charge >= 0.3 is 0 Å². The molecule has 0 radical (unpaired) electrons. The topological polar surface area (TPSA) is 20.3 Å². The van der Waals surface area contributed by atoms with Gasteiger partial charge in [-0.2, -0.15) is 12.6 Å². The fourth-order valence-electron chi connectivity index (χ4n) is 1.48. The Morgan fingerprint density at radius 3 is 3.09 bits per heavy atom. The van der Waals surface area contributed by atoms with Gasteiger partial charge in [-0.15, -0.1) is 0 Å². The van der Waals surface area contributed by atoms with Crippen LogP contribution in [0.3, 0.4) is 0 Å². The average molecular weight is 173 g/mol. The SMILES string of the molecule is CC1CCCN(CCS)C1=O. The molecule has 0 saturated carbocycles. The minimum absolute atomic E-state index is 0.239. The molecule has 11 heavy (non-hydrogen) atoms. The molecular weight excluding hydrogens is 158 g/mol. The summed E-state index contributed by atoms with van der Waals surface area (Å²) in [6, 6.07) is 0. The molecule has 1 rings (SSSR count). The Morgan fingerprint density at radius 2 is 2.45 bits per heavy atom. The number of hydrogen-bond acceptors (Lipinski definition) is 2. The monoisotopic (exact) mass is 173 g/mol. The molecule has 1 amide bonds. The summed E-state index contributed by atoms with van der Waals surface area (Å²) < 4.78 is 0. The molecule has 1 unspecified atom stereocenters. The molecular formula is C8H15NOS. The van der Waals surface area contributed by atoms with Crippen LogP contribution in [0.4, 0.5) is 0 Å². The van der Waals surface area contributed by atoms with Crippen molar-refractivity contribution in [3.05, 3.63) is 0 Å². The highest BCUT2D eigenvalue weighted by atomic mass is 32.1. The standard InChI is InChI=1S/C8H15NOS/c1-7-3-2-4-9(5-6-11)8(7)10/h7,11H,2-6H2,1H3. The molecule has 0 aromatic heterocycles. The van der Waals surface area contributed by atoms with Crippen molar-refractivity contribution in [3.63, 3.8) is 0 Å². The lowest BCUT2D eigenvalue weighted by molar-refractivity contribution is -0.137. The van der Waals surface area contributed by atoms with Crippen LogP contribution in [0.1, 0.15) is 19.8 Å². The van der Waals surface area contributed by atoms with Crippen molar-refractivity contribution in [2.45, 2.75) is 19.8 Å². The minimum atomic E-state index is 0.239. The lowest BCUT2D eigenvalue weighted by atomic mass is 9.99. The molecule has 0 aliphatic carbocycles. The maximum atomic E-state index is 11.4. The van der Waals surface area contributed by atoms with Gasteiger partial charge in [0.05, 0.1) is 0 Å². The second-order valence-corrected chi connectivity index (χ2v) is 3.54. The van der Waals surface area contributed by atoms with Crippen LogP contribution in [0.5, 0.6) is 0 Å². The second-order valence-electron chi connectivity index (χ2n) is 3.09. The average Bonchev–Trinajstić information content (AvgIpc) is 1.99. The molecule has 1 aliphatic rings. The van der Waals surface area contributed by atoms with Gasteiger partial charge in [0, 0.05) is 24.8 Å². The maximum Gasteiger partial charge on any atom is 0.225 e. The Labute approximate surface area is 73.4 Å². The lowest BCUT2D eigenvalue weighted by Crippen LogP contribution is -2.41. The highest BCUT2D eigenvalue weighted by molar-refractivity contribution is 7.80. The zero-order valence-corrected chi connectivity index (χ0v) is 7.81. The number of hydrogen-bond donors (Lipinski definition) is 1. The van der Waals surface area contributed by atoms with Crippen molar-refractivity contribution in [2.24, 2.45) is 5.92 Å². The summed E-state index contributed by atoms with van der Waals surface area (Å²) in [5, 5.41) is 0. The summed E-state index contributed by atoms with van der Waals surface area (Å²) in [6.45, 7) is 3.75. The van der Waals surface area contributed by atoms with Crippen LogP contribution < -0.4 is 0 Å². The van der Waals surface area contributed by atoms with Gasteiger partial charge in [-0.1, -0.05) is 6.92 Å². The summed E-state index contributed by atoms with van der Waals surface area (Å²) in [4.78, 5) is 13.3. The van der Waals surface area contributed by atoms with Crippen molar-refractivity contribution in [2.75, 3.05) is 18.8 Å². The van der Waals surface area contributed by atoms with E-state index in [2.05, 4.69) is 12.6 Å². The van der Waals surface area contributed by atoms with E-state index >= 15 is 0 Å². The van der Waals surface area contributed by atoms with E-state index in [-0.39, 0.29) is 5.92 Å². The lowest BCUT2D eigenvalue weighted by Gasteiger charge is -2.30. The first-order valence-corrected chi connectivity index (χ1v) is 4.78. The van der Waals surface area contributed by atoms with Gasteiger partial charge < -0.3 is 4.90 Å². The Kier molecular flexibility index (Phi) is 3.24. The molecule has 1 fully saturated rings. The van der Waals surface area contributed by atoms with Crippen molar-refractivity contribution in [1.29, 1.82) is 0 Å². The molecule has 0 spiro atoms. The molecule has 1 heterocycles. The predicted octanol–water partition coefficient (Wildman–Crippen LogP) is 1.17. The molecule has 0 N–H and O–H groups in total. The van der Waals surface area contributed by atoms with Gasteiger partial charge in [0.25, 0.3) is 0 Å². The summed E-state index contributed by atoms with van der Waals surface area (Å²) in [5.74, 6) is 1.33. The third kappa shape index (κ3) is 2.12. The molecule has 3 heteroatoms. The Hall–Kier alpha value is -0.180. The number of likely N-dealkylation sites (tertiary alicyclic amines) is 1. The van der Waals surface area contributed by atoms with Gasteiger partial charge in [0.1, 0.15) is 0 Å². The van der Waals surface area contributed by atoms with Crippen LogP contribution >= 0.6 is 12.6 Å². The number of carbonyl (C=O) groups excluding carboxylic acids is 1. The normalized spacial score (nSPS) is 25.8. The van der Waals surface area contributed by atoms with Gasteiger partial charge in [-0.05, 0) is 12.8 Å².